The predicted molar refractivity (Wildman–Crippen MR) is 53.2 cm³/mol. The van der Waals surface area contributed by atoms with Crippen LogP contribution >= 0.6 is 11.6 Å². The minimum Gasteiger partial charge on any atom is -0.486 e. The molecule has 2 N–H and O–H groups in total. The Balaban J connectivity index is 2.40. The second-order valence-corrected chi connectivity index (χ2v) is 4.06. The van der Waals surface area contributed by atoms with E-state index in [0.29, 0.717) is 6.54 Å². The van der Waals surface area contributed by atoms with Crippen molar-refractivity contribution in [3.05, 3.63) is 28.8 Å². The molecule has 0 saturated heterocycles. The Hall–Kier alpha value is -0.730. The summed E-state index contributed by atoms with van der Waals surface area (Å²) in [4.78, 5) is 0. The Labute approximate surface area is 82.6 Å². The smallest absolute Gasteiger partial charge is 0.125 e. The highest BCUT2D eigenvalue weighted by molar-refractivity contribution is 6.31. The van der Waals surface area contributed by atoms with Crippen LogP contribution in [0.5, 0.6) is 5.75 Å². The minimum atomic E-state index is -0.271. The lowest BCUT2D eigenvalue weighted by molar-refractivity contribution is 0.126. The molecule has 0 aliphatic carbocycles. The molecule has 1 aromatic carbocycles. The fraction of sp³-hybridized carbons (Fsp3) is 0.400. The quantitative estimate of drug-likeness (QED) is 0.748. The van der Waals surface area contributed by atoms with Crippen molar-refractivity contribution in [1.29, 1.82) is 0 Å². The lowest BCUT2D eigenvalue weighted by atomic mass is 10.00. The maximum atomic E-state index is 6.03. The van der Waals surface area contributed by atoms with E-state index in [4.69, 9.17) is 22.1 Å². The maximum Gasteiger partial charge on any atom is 0.125 e. The molecule has 0 radical (unpaired) electrons. The van der Waals surface area contributed by atoms with E-state index in [1.165, 1.54) is 0 Å². The van der Waals surface area contributed by atoms with E-state index in [0.717, 1.165) is 22.8 Å². The first kappa shape index (κ1) is 8.85. The molecule has 2 nitrogen and oxygen atoms in total. The van der Waals surface area contributed by atoms with Crippen molar-refractivity contribution < 1.29 is 4.74 Å². The first-order valence-electron chi connectivity index (χ1n) is 4.31. The summed E-state index contributed by atoms with van der Waals surface area (Å²) in [6.45, 7) is 2.52. The van der Waals surface area contributed by atoms with E-state index in [-0.39, 0.29) is 5.60 Å². The van der Waals surface area contributed by atoms with E-state index >= 15 is 0 Å². The predicted octanol–water partition coefficient (Wildman–Crippen LogP) is 1.99. The molecule has 1 atom stereocenters. The lowest BCUT2D eigenvalue weighted by Gasteiger charge is -2.21. The molecule has 1 aromatic rings. The Morgan fingerprint density at radius 3 is 3.00 bits per heavy atom. The SMILES string of the molecule is CC1(CN)Cc2c(Cl)cccc2O1. The van der Waals surface area contributed by atoms with Gasteiger partial charge in [0, 0.05) is 23.6 Å². The van der Waals surface area contributed by atoms with Crippen LogP contribution in [-0.2, 0) is 6.42 Å². The van der Waals surface area contributed by atoms with Gasteiger partial charge in [-0.1, -0.05) is 17.7 Å². The maximum absolute atomic E-state index is 6.03. The Bertz CT molecular complexity index is 340. The molecule has 3 heteroatoms. The summed E-state index contributed by atoms with van der Waals surface area (Å²) in [5.41, 5.74) is 6.44. The largest absolute Gasteiger partial charge is 0.486 e. The second-order valence-electron chi connectivity index (χ2n) is 3.65. The number of benzene rings is 1. The zero-order valence-electron chi connectivity index (χ0n) is 7.51. The molecule has 0 amide bonds. The molecule has 1 aliphatic heterocycles. The van der Waals surface area contributed by atoms with Gasteiger partial charge >= 0.3 is 0 Å². The molecular weight excluding hydrogens is 186 g/mol. The molecule has 1 aliphatic rings. The Morgan fingerprint density at radius 2 is 2.38 bits per heavy atom. The average Bonchev–Trinajstić information content (AvgIpc) is 2.45. The van der Waals surface area contributed by atoms with Crippen LogP contribution in [0, 0.1) is 0 Å². The van der Waals surface area contributed by atoms with Crippen LogP contribution < -0.4 is 10.5 Å². The molecular formula is C10H12ClNO. The van der Waals surface area contributed by atoms with Gasteiger partial charge in [-0.3, -0.25) is 0 Å². The first-order valence-corrected chi connectivity index (χ1v) is 4.69. The summed E-state index contributed by atoms with van der Waals surface area (Å²) < 4.78 is 5.71. The van der Waals surface area contributed by atoms with E-state index in [2.05, 4.69) is 0 Å². The monoisotopic (exact) mass is 197 g/mol. The zero-order valence-corrected chi connectivity index (χ0v) is 8.27. The number of fused-ring (bicyclic) bond motifs is 1. The zero-order chi connectivity index (χ0) is 9.47. The standard InChI is InChI=1S/C10H12ClNO/c1-10(6-12)5-7-8(11)3-2-4-9(7)13-10/h2-4H,5-6,12H2,1H3. The summed E-state index contributed by atoms with van der Waals surface area (Å²) in [5.74, 6) is 0.875. The number of rotatable bonds is 1. The van der Waals surface area contributed by atoms with Crippen molar-refractivity contribution in [2.45, 2.75) is 18.9 Å². The normalized spacial score (nSPS) is 25.5. The average molecular weight is 198 g/mol. The van der Waals surface area contributed by atoms with Crippen molar-refractivity contribution >= 4 is 11.6 Å². The highest BCUT2D eigenvalue weighted by Crippen LogP contribution is 2.38. The Kier molecular flexibility index (Phi) is 1.97. The van der Waals surface area contributed by atoms with Crippen LogP contribution in [0.15, 0.2) is 18.2 Å². The van der Waals surface area contributed by atoms with Gasteiger partial charge in [0.25, 0.3) is 0 Å². The van der Waals surface area contributed by atoms with Crippen molar-refractivity contribution in [3.8, 4) is 5.75 Å². The van der Waals surface area contributed by atoms with Gasteiger partial charge in [0.2, 0.25) is 0 Å². The van der Waals surface area contributed by atoms with Crippen molar-refractivity contribution in [1.82, 2.24) is 0 Å². The molecule has 0 aromatic heterocycles. The molecule has 1 unspecified atom stereocenters. The van der Waals surface area contributed by atoms with Crippen LogP contribution in [0.3, 0.4) is 0 Å². The molecule has 0 fully saturated rings. The number of halogens is 1. The van der Waals surface area contributed by atoms with Gasteiger partial charge in [0.15, 0.2) is 0 Å². The van der Waals surface area contributed by atoms with Crippen LogP contribution in [0.2, 0.25) is 5.02 Å². The van der Waals surface area contributed by atoms with Gasteiger partial charge in [-0.25, -0.2) is 0 Å². The number of nitrogens with two attached hydrogens (primary N) is 1. The number of ether oxygens (including phenoxy) is 1. The lowest BCUT2D eigenvalue weighted by Crippen LogP contribution is -2.38. The van der Waals surface area contributed by atoms with E-state index in [1.54, 1.807) is 0 Å². The fourth-order valence-corrected chi connectivity index (χ4v) is 1.83. The summed E-state index contributed by atoms with van der Waals surface area (Å²) in [7, 11) is 0. The van der Waals surface area contributed by atoms with Gasteiger partial charge in [-0.05, 0) is 19.1 Å². The molecule has 0 spiro atoms. The topological polar surface area (TPSA) is 35.2 Å². The molecule has 2 rings (SSSR count). The van der Waals surface area contributed by atoms with E-state index in [9.17, 15) is 0 Å². The van der Waals surface area contributed by atoms with Gasteiger partial charge in [-0.2, -0.15) is 0 Å². The Morgan fingerprint density at radius 1 is 1.62 bits per heavy atom. The summed E-state index contributed by atoms with van der Waals surface area (Å²) in [6.07, 6.45) is 0.804. The van der Waals surface area contributed by atoms with E-state index in [1.807, 2.05) is 25.1 Å². The number of hydrogen-bond donors (Lipinski definition) is 1. The summed E-state index contributed by atoms with van der Waals surface area (Å²) in [6, 6.07) is 5.71. The highest BCUT2D eigenvalue weighted by atomic mass is 35.5. The van der Waals surface area contributed by atoms with Crippen molar-refractivity contribution in [3.63, 3.8) is 0 Å². The van der Waals surface area contributed by atoms with E-state index < -0.39 is 0 Å². The van der Waals surface area contributed by atoms with Crippen molar-refractivity contribution in [2.24, 2.45) is 5.73 Å². The minimum absolute atomic E-state index is 0.271. The molecule has 13 heavy (non-hydrogen) atoms. The van der Waals surface area contributed by atoms with Crippen LogP contribution in [-0.4, -0.2) is 12.1 Å². The first-order chi connectivity index (χ1) is 6.14. The third-order valence-electron chi connectivity index (χ3n) is 2.41. The second kappa shape index (κ2) is 2.89. The van der Waals surface area contributed by atoms with Crippen LogP contribution in [0.4, 0.5) is 0 Å². The molecule has 0 bridgehead atoms. The van der Waals surface area contributed by atoms with Crippen LogP contribution in [0.1, 0.15) is 12.5 Å². The molecule has 0 saturated carbocycles. The van der Waals surface area contributed by atoms with Gasteiger partial charge in [0.1, 0.15) is 11.4 Å². The summed E-state index contributed by atoms with van der Waals surface area (Å²) >= 11 is 6.03. The van der Waals surface area contributed by atoms with Crippen molar-refractivity contribution in [2.75, 3.05) is 6.54 Å². The van der Waals surface area contributed by atoms with Gasteiger partial charge in [-0.15, -0.1) is 0 Å². The third kappa shape index (κ3) is 1.40. The molecule has 70 valence electrons. The third-order valence-corrected chi connectivity index (χ3v) is 2.77. The number of hydrogen-bond acceptors (Lipinski definition) is 2. The van der Waals surface area contributed by atoms with Crippen LogP contribution in [0.25, 0.3) is 0 Å². The highest BCUT2D eigenvalue weighted by Gasteiger charge is 2.34. The van der Waals surface area contributed by atoms with Gasteiger partial charge < -0.3 is 10.5 Å². The molecule has 1 heterocycles. The summed E-state index contributed by atoms with van der Waals surface area (Å²) in [5, 5.41) is 0.773. The van der Waals surface area contributed by atoms with Gasteiger partial charge in [0.05, 0.1) is 0 Å². The fourth-order valence-electron chi connectivity index (χ4n) is 1.60.